The molecule has 5 heteroatoms. The molecule has 5 rings (SSSR count). The summed E-state index contributed by atoms with van der Waals surface area (Å²) >= 11 is 0. The van der Waals surface area contributed by atoms with Gasteiger partial charge in [-0.15, -0.1) is 6.07 Å². The number of hydrogen-bond acceptors (Lipinski definition) is 2. The molecule has 4 nitrogen and oxygen atoms in total. The van der Waals surface area contributed by atoms with Gasteiger partial charge in [0.2, 0.25) is 0 Å². The average Bonchev–Trinajstić information content (AvgIpc) is 3.32. The van der Waals surface area contributed by atoms with Gasteiger partial charge in [-0.2, -0.15) is 12.1 Å². The molecule has 0 unspecified atom stereocenters. The molecule has 0 saturated carbocycles. The maximum Gasteiger partial charge on any atom is 0.0659 e. The summed E-state index contributed by atoms with van der Waals surface area (Å²) in [7, 11) is 0. The predicted octanol–water partition coefficient (Wildman–Crippen LogP) is 4.45. The molecule has 0 atom stereocenters. The molecular weight excluding hydrogens is 399 g/mol. The van der Waals surface area contributed by atoms with Crippen LogP contribution >= 0.6 is 0 Å². The van der Waals surface area contributed by atoms with Gasteiger partial charge in [0.1, 0.15) is 0 Å². The van der Waals surface area contributed by atoms with Crippen LogP contribution in [0.15, 0.2) is 42.5 Å². The molecule has 2 N–H and O–H groups in total. The minimum Gasteiger partial charge on any atom is -0.428 e. The predicted molar refractivity (Wildman–Crippen MR) is 97.7 cm³/mol. The normalized spacial score (nSPS) is 12.2. The Bertz CT molecular complexity index is 1080. The van der Waals surface area contributed by atoms with Crippen molar-refractivity contribution < 1.29 is 19.5 Å². The van der Waals surface area contributed by atoms with E-state index in [0.29, 0.717) is 0 Å². The van der Waals surface area contributed by atoms with Crippen LogP contribution in [0, 0.1) is 6.07 Å². The smallest absolute Gasteiger partial charge is 0.0659 e. The van der Waals surface area contributed by atoms with Crippen LogP contribution in [0.5, 0.6) is 0 Å². The van der Waals surface area contributed by atoms with Gasteiger partial charge in [0.15, 0.2) is 0 Å². The van der Waals surface area contributed by atoms with Crippen LogP contribution in [0.4, 0.5) is 0 Å². The number of nitrogens with one attached hydrogen (secondary N) is 2. The van der Waals surface area contributed by atoms with Crippen molar-refractivity contribution in [2.75, 3.05) is 0 Å². The number of hydrogen-bond donors (Lipinski definition) is 2. The summed E-state index contributed by atoms with van der Waals surface area (Å²) < 4.78 is 0. The quantitative estimate of drug-likeness (QED) is 0.292. The van der Waals surface area contributed by atoms with Crippen LogP contribution in [-0.2, 0) is 19.5 Å². The molecule has 3 aromatic heterocycles. The van der Waals surface area contributed by atoms with Crippen molar-refractivity contribution in [1.82, 2.24) is 19.9 Å². The Balaban J connectivity index is 0.00000157. The molecule has 0 spiro atoms. The molecule has 2 aliphatic rings. The first-order valence-electron chi connectivity index (χ1n) is 7.76. The van der Waals surface area contributed by atoms with E-state index in [4.69, 9.17) is 0 Å². The van der Waals surface area contributed by atoms with E-state index in [1.165, 1.54) is 0 Å². The third-order valence-electron chi connectivity index (χ3n) is 3.96. The molecule has 25 heavy (non-hydrogen) atoms. The van der Waals surface area contributed by atoms with Gasteiger partial charge in [0.05, 0.1) is 22.8 Å². The fourth-order valence-corrected chi connectivity index (χ4v) is 2.87. The second-order valence-electron chi connectivity index (χ2n) is 5.82. The van der Waals surface area contributed by atoms with E-state index in [0.717, 1.165) is 44.8 Å². The van der Waals surface area contributed by atoms with E-state index in [-0.39, 0.29) is 19.5 Å². The zero-order valence-corrected chi connectivity index (χ0v) is 14.7. The van der Waals surface area contributed by atoms with E-state index in [1.54, 1.807) is 0 Å². The molecule has 8 bridgehead atoms. The van der Waals surface area contributed by atoms with Gasteiger partial charge in [-0.05, 0) is 54.1 Å². The Morgan fingerprint density at radius 1 is 0.640 bits per heavy atom. The van der Waals surface area contributed by atoms with E-state index in [1.807, 2.05) is 66.8 Å². The van der Waals surface area contributed by atoms with Crippen LogP contribution in [0.1, 0.15) is 22.8 Å². The first kappa shape index (κ1) is 15.7. The minimum atomic E-state index is 0. The zero-order valence-electron chi connectivity index (χ0n) is 13.1. The summed E-state index contributed by atoms with van der Waals surface area (Å²) in [5.74, 6) is 0. The van der Waals surface area contributed by atoms with Crippen LogP contribution in [0.25, 0.3) is 46.4 Å². The van der Waals surface area contributed by atoms with Crippen LogP contribution in [0.2, 0.25) is 0 Å². The monoisotopic (exact) mass is 412 g/mol. The van der Waals surface area contributed by atoms with Crippen LogP contribution in [0.3, 0.4) is 0 Å². The fourth-order valence-electron chi connectivity index (χ4n) is 2.87. The van der Waals surface area contributed by atoms with Gasteiger partial charge in [0, 0.05) is 25.0 Å². The number of aromatic amines is 2. The Hall–Kier alpha value is -2.78. The standard InChI is InChI=1S/C20H13N4.Rh/c1-2-14-10-16-5-6-18(23-16)12-20-8-7-19(24-20)11-17-4-3-15(22-17)9-13(1)21-14;/h1-7,9-12,23-24H;/q-1;. The minimum absolute atomic E-state index is 0. The number of fused-ring (bicyclic) bond motifs is 8. The van der Waals surface area contributed by atoms with E-state index >= 15 is 0 Å². The molecular formula is C20H13N4Rh-. The summed E-state index contributed by atoms with van der Waals surface area (Å²) in [4.78, 5) is 15.9. The number of nitrogens with zero attached hydrogens (tertiary/aromatic N) is 2. The number of aromatic nitrogens is 4. The molecule has 2 aliphatic heterocycles. The summed E-state index contributed by atoms with van der Waals surface area (Å²) in [5, 5.41) is 0. The van der Waals surface area contributed by atoms with Crippen molar-refractivity contribution in [3.05, 3.63) is 71.3 Å². The summed E-state index contributed by atoms with van der Waals surface area (Å²) in [6, 6.07) is 17.3. The number of H-pyrrole nitrogens is 2. The first-order valence-corrected chi connectivity index (χ1v) is 7.76. The Kier molecular flexibility index (Phi) is 3.94. The molecule has 5 heterocycles. The van der Waals surface area contributed by atoms with Crippen molar-refractivity contribution in [2.24, 2.45) is 0 Å². The maximum absolute atomic E-state index is 4.61. The van der Waals surface area contributed by atoms with Crippen molar-refractivity contribution in [2.45, 2.75) is 0 Å². The first-order chi connectivity index (χ1) is 11.8. The molecule has 0 aromatic carbocycles. The largest absolute Gasteiger partial charge is 0.428 e. The van der Waals surface area contributed by atoms with Gasteiger partial charge in [-0.1, -0.05) is 17.1 Å². The zero-order chi connectivity index (χ0) is 15.9. The maximum atomic E-state index is 4.61. The van der Waals surface area contributed by atoms with Crippen molar-refractivity contribution in [3.63, 3.8) is 0 Å². The summed E-state index contributed by atoms with van der Waals surface area (Å²) in [5.41, 5.74) is 7.59. The molecule has 3 aromatic rings. The summed E-state index contributed by atoms with van der Waals surface area (Å²) in [6.07, 6.45) is 8.01. The Labute approximate surface area is 157 Å². The molecule has 0 saturated heterocycles. The van der Waals surface area contributed by atoms with Gasteiger partial charge in [-0.25, -0.2) is 4.98 Å². The van der Waals surface area contributed by atoms with Gasteiger partial charge >= 0.3 is 0 Å². The van der Waals surface area contributed by atoms with E-state index in [9.17, 15) is 0 Å². The second-order valence-corrected chi connectivity index (χ2v) is 5.82. The summed E-state index contributed by atoms with van der Waals surface area (Å²) in [6.45, 7) is 0. The SMILES string of the molecule is [Rh].[c-]1cc2cc3nc(cc4nc(cc5ccc(cc1[nH]2)[nH]5)C=C4)C=C3. The molecule has 0 amide bonds. The number of rotatable bonds is 0. The molecule has 123 valence electrons. The second kappa shape index (κ2) is 6.26. The molecule has 0 aliphatic carbocycles. The molecule has 0 fully saturated rings. The van der Waals surface area contributed by atoms with Gasteiger partial charge in [-0.3, -0.25) is 4.98 Å². The molecule has 1 radical (unpaired) electrons. The van der Waals surface area contributed by atoms with Crippen molar-refractivity contribution >= 4 is 46.4 Å². The van der Waals surface area contributed by atoms with Crippen molar-refractivity contribution in [1.29, 1.82) is 0 Å². The van der Waals surface area contributed by atoms with Gasteiger partial charge < -0.3 is 9.97 Å². The van der Waals surface area contributed by atoms with E-state index in [2.05, 4.69) is 26.0 Å². The van der Waals surface area contributed by atoms with Crippen LogP contribution in [-0.4, -0.2) is 19.9 Å². The third kappa shape index (κ3) is 3.24. The third-order valence-corrected chi connectivity index (χ3v) is 3.96. The van der Waals surface area contributed by atoms with Gasteiger partial charge in [0.25, 0.3) is 0 Å². The topological polar surface area (TPSA) is 57.4 Å². The average molecular weight is 412 g/mol. The van der Waals surface area contributed by atoms with Crippen molar-refractivity contribution in [3.8, 4) is 0 Å². The fraction of sp³-hybridized carbons (Fsp3) is 0. The Morgan fingerprint density at radius 2 is 1.20 bits per heavy atom. The van der Waals surface area contributed by atoms with Crippen LogP contribution < -0.4 is 0 Å². The Morgan fingerprint density at radius 3 is 1.88 bits per heavy atom. The van der Waals surface area contributed by atoms with E-state index < -0.39 is 0 Å².